The van der Waals surface area contributed by atoms with E-state index < -0.39 is 0 Å². The molecule has 2 aromatic rings. The molecule has 0 fully saturated rings. The van der Waals surface area contributed by atoms with Gasteiger partial charge in [-0.15, -0.1) is 0 Å². The zero-order valence-corrected chi connectivity index (χ0v) is 13.4. The molecule has 20 heavy (non-hydrogen) atoms. The number of hydrogen-bond donors (Lipinski definition) is 1. The van der Waals surface area contributed by atoms with E-state index in [1.54, 1.807) is 0 Å². The average molecular weight is 336 g/mol. The van der Waals surface area contributed by atoms with Crippen molar-refractivity contribution in [3.8, 4) is 0 Å². The van der Waals surface area contributed by atoms with Gasteiger partial charge in [-0.25, -0.2) is 4.39 Å². The molecule has 1 unspecified atom stereocenters. The third kappa shape index (κ3) is 3.90. The van der Waals surface area contributed by atoms with Crippen molar-refractivity contribution in [2.24, 2.45) is 0 Å². The molecule has 1 atom stereocenters. The minimum absolute atomic E-state index is 0.207. The van der Waals surface area contributed by atoms with Gasteiger partial charge in [0.25, 0.3) is 0 Å². The number of likely N-dealkylation sites (N-methyl/N-ethyl adjacent to an activating group) is 1. The summed E-state index contributed by atoms with van der Waals surface area (Å²) in [7, 11) is 1.96. The number of halogens is 2. The molecule has 3 heteroatoms. The van der Waals surface area contributed by atoms with Crippen LogP contribution in [0.2, 0.25) is 0 Å². The SMILES string of the molecule is CNCC(Cc1ccc(F)cc1Br)c1ccc(C)cc1. The van der Waals surface area contributed by atoms with Crippen molar-refractivity contribution in [3.63, 3.8) is 0 Å². The Kier molecular flexibility index (Phi) is 5.32. The first-order valence-corrected chi connectivity index (χ1v) is 7.54. The second-order valence-corrected chi connectivity index (χ2v) is 5.96. The lowest BCUT2D eigenvalue weighted by molar-refractivity contribution is 0.613. The van der Waals surface area contributed by atoms with E-state index >= 15 is 0 Å². The molecule has 0 aliphatic rings. The van der Waals surface area contributed by atoms with Crippen LogP contribution in [0.5, 0.6) is 0 Å². The van der Waals surface area contributed by atoms with Gasteiger partial charge in [0, 0.05) is 16.9 Å². The molecule has 0 amide bonds. The Balaban J connectivity index is 2.22. The number of benzene rings is 2. The quantitative estimate of drug-likeness (QED) is 0.851. The highest BCUT2D eigenvalue weighted by Crippen LogP contribution is 2.26. The normalized spacial score (nSPS) is 12.4. The van der Waals surface area contributed by atoms with Crippen LogP contribution in [0.15, 0.2) is 46.9 Å². The third-order valence-electron chi connectivity index (χ3n) is 3.48. The summed E-state index contributed by atoms with van der Waals surface area (Å²) in [4.78, 5) is 0. The molecule has 1 nitrogen and oxygen atoms in total. The molecular weight excluding hydrogens is 317 g/mol. The maximum atomic E-state index is 13.2. The first kappa shape index (κ1) is 15.2. The molecule has 0 spiro atoms. The van der Waals surface area contributed by atoms with Gasteiger partial charge < -0.3 is 5.32 Å². The molecule has 106 valence electrons. The molecule has 0 aromatic heterocycles. The lowest BCUT2D eigenvalue weighted by Crippen LogP contribution is -2.19. The van der Waals surface area contributed by atoms with Crippen molar-refractivity contribution in [1.29, 1.82) is 0 Å². The predicted molar refractivity (Wildman–Crippen MR) is 85.7 cm³/mol. The molecule has 0 saturated heterocycles. The molecule has 0 saturated carbocycles. The van der Waals surface area contributed by atoms with Crippen LogP contribution in [-0.2, 0) is 6.42 Å². The van der Waals surface area contributed by atoms with Gasteiger partial charge in [-0.3, -0.25) is 0 Å². The highest BCUT2D eigenvalue weighted by atomic mass is 79.9. The van der Waals surface area contributed by atoms with Crippen molar-refractivity contribution in [3.05, 3.63) is 69.4 Å². The molecule has 0 bridgehead atoms. The Morgan fingerprint density at radius 2 is 1.85 bits per heavy atom. The fourth-order valence-electron chi connectivity index (χ4n) is 2.35. The van der Waals surface area contributed by atoms with E-state index in [2.05, 4.69) is 52.4 Å². The summed E-state index contributed by atoms with van der Waals surface area (Å²) < 4.78 is 14.0. The van der Waals surface area contributed by atoms with Gasteiger partial charge in [-0.1, -0.05) is 51.8 Å². The largest absolute Gasteiger partial charge is 0.319 e. The summed E-state index contributed by atoms with van der Waals surface area (Å²) in [6.45, 7) is 2.99. The van der Waals surface area contributed by atoms with Crippen LogP contribution in [-0.4, -0.2) is 13.6 Å². The predicted octanol–water partition coefficient (Wildman–Crippen LogP) is 4.44. The van der Waals surface area contributed by atoms with Crippen LogP contribution in [0.3, 0.4) is 0 Å². The Bertz CT molecular complexity index is 566. The van der Waals surface area contributed by atoms with E-state index in [0.29, 0.717) is 5.92 Å². The van der Waals surface area contributed by atoms with Crippen molar-refractivity contribution in [2.75, 3.05) is 13.6 Å². The topological polar surface area (TPSA) is 12.0 Å². The maximum Gasteiger partial charge on any atom is 0.124 e. The van der Waals surface area contributed by atoms with Gasteiger partial charge in [0.1, 0.15) is 5.82 Å². The monoisotopic (exact) mass is 335 g/mol. The first-order valence-electron chi connectivity index (χ1n) is 6.75. The molecule has 2 rings (SSSR count). The van der Waals surface area contributed by atoms with Gasteiger partial charge in [-0.05, 0) is 43.7 Å². The van der Waals surface area contributed by atoms with Gasteiger partial charge in [0.2, 0.25) is 0 Å². The van der Waals surface area contributed by atoms with Gasteiger partial charge >= 0.3 is 0 Å². The zero-order chi connectivity index (χ0) is 14.5. The summed E-state index contributed by atoms with van der Waals surface area (Å²) in [5.74, 6) is 0.170. The second kappa shape index (κ2) is 7.00. The Hall–Kier alpha value is -1.19. The van der Waals surface area contributed by atoms with E-state index in [-0.39, 0.29) is 5.82 Å². The summed E-state index contributed by atoms with van der Waals surface area (Å²) >= 11 is 3.45. The number of nitrogens with one attached hydrogen (secondary N) is 1. The summed E-state index contributed by atoms with van der Waals surface area (Å²) in [6.07, 6.45) is 0.880. The van der Waals surface area contributed by atoms with Crippen molar-refractivity contribution in [1.82, 2.24) is 5.32 Å². The number of aryl methyl sites for hydroxylation is 1. The van der Waals surface area contributed by atoms with Crippen LogP contribution in [0.4, 0.5) is 4.39 Å². The molecule has 0 heterocycles. The van der Waals surface area contributed by atoms with Gasteiger partial charge in [-0.2, -0.15) is 0 Å². The summed E-state index contributed by atoms with van der Waals surface area (Å²) in [5.41, 5.74) is 3.70. The lowest BCUT2D eigenvalue weighted by atomic mass is 9.91. The molecular formula is C17H19BrFN. The first-order chi connectivity index (χ1) is 9.60. The van der Waals surface area contributed by atoms with E-state index in [0.717, 1.165) is 23.0 Å². The van der Waals surface area contributed by atoms with E-state index in [1.807, 2.05) is 13.1 Å². The fraction of sp³-hybridized carbons (Fsp3) is 0.294. The smallest absolute Gasteiger partial charge is 0.124 e. The molecule has 0 aliphatic carbocycles. The Labute approximate surface area is 128 Å². The van der Waals surface area contributed by atoms with Crippen LogP contribution in [0.25, 0.3) is 0 Å². The summed E-state index contributed by atoms with van der Waals surface area (Å²) in [5, 5.41) is 3.24. The highest BCUT2D eigenvalue weighted by Gasteiger charge is 2.13. The van der Waals surface area contributed by atoms with Crippen LogP contribution >= 0.6 is 15.9 Å². The average Bonchev–Trinajstić information content (AvgIpc) is 2.42. The Morgan fingerprint density at radius 3 is 2.45 bits per heavy atom. The van der Waals surface area contributed by atoms with Crippen molar-refractivity contribution >= 4 is 15.9 Å². The van der Waals surface area contributed by atoms with Gasteiger partial charge in [0.05, 0.1) is 0 Å². The fourth-order valence-corrected chi connectivity index (χ4v) is 2.86. The minimum Gasteiger partial charge on any atom is -0.319 e. The van der Waals surface area contributed by atoms with Crippen LogP contribution in [0, 0.1) is 12.7 Å². The Morgan fingerprint density at radius 1 is 1.15 bits per heavy atom. The zero-order valence-electron chi connectivity index (χ0n) is 11.8. The van der Waals surface area contributed by atoms with Crippen molar-refractivity contribution < 1.29 is 4.39 Å². The lowest BCUT2D eigenvalue weighted by Gasteiger charge is -2.18. The van der Waals surface area contributed by atoms with Crippen molar-refractivity contribution in [2.45, 2.75) is 19.3 Å². The van der Waals surface area contributed by atoms with E-state index in [4.69, 9.17) is 0 Å². The highest BCUT2D eigenvalue weighted by molar-refractivity contribution is 9.10. The van der Waals surface area contributed by atoms with E-state index in [1.165, 1.54) is 23.3 Å². The second-order valence-electron chi connectivity index (χ2n) is 5.11. The maximum absolute atomic E-state index is 13.2. The van der Waals surface area contributed by atoms with Crippen LogP contribution < -0.4 is 5.32 Å². The van der Waals surface area contributed by atoms with E-state index in [9.17, 15) is 4.39 Å². The third-order valence-corrected chi connectivity index (χ3v) is 4.22. The molecule has 0 aliphatic heterocycles. The minimum atomic E-state index is -0.207. The van der Waals surface area contributed by atoms with Crippen LogP contribution in [0.1, 0.15) is 22.6 Å². The molecule has 1 N–H and O–H groups in total. The standard InChI is InChI=1S/C17H19BrFN/c1-12-3-5-13(6-4-12)15(11-20-2)9-14-7-8-16(19)10-17(14)18/h3-8,10,15,20H,9,11H2,1-2H3. The van der Waals surface area contributed by atoms with Gasteiger partial charge in [0.15, 0.2) is 0 Å². The number of rotatable bonds is 5. The summed E-state index contributed by atoms with van der Waals surface area (Å²) in [6, 6.07) is 13.5. The molecule has 2 aromatic carbocycles. The number of hydrogen-bond acceptors (Lipinski definition) is 1. The molecule has 0 radical (unpaired) electrons.